The average Bonchev–Trinajstić information content (AvgIpc) is 2.30. The van der Waals surface area contributed by atoms with Crippen LogP contribution in [-0.2, 0) is 14.2 Å². The molecule has 1 amide bonds. The molecule has 0 aliphatic carbocycles. The van der Waals surface area contributed by atoms with Gasteiger partial charge in [0.05, 0.1) is 30.5 Å². The Labute approximate surface area is 140 Å². The third-order valence-corrected chi connectivity index (χ3v) is 2.86. The molecular formula is C17H35NO5. The van der Waals surface area contributed by atoms with Crippen LogP contribution in [0.4, 0.5) is 4.79 Å². The summed E-state index contributed by atoms with van der Waals surface area (Å²) in [4.78, 5) is 11.7. The third-order valence-electron chi connectivity index (χ3n) is 2.86. The molecule has 2 N–H and O–H groups in total. The number of hydrogen-bond donors (Lipinski definition) is 2. The molecule has 23 heavy (non-hydrogen) atoms. The zero-order valence-corrected chi connectivity index (χ0v) is 16.0. The average molecular weight is 333 g/mol. The lowest BCUT2D eigenvalue weighted by molar-refractivity contribution is -0.0743. The van der Waals surface area contributed by atoms with E-state index in [1.165, 1.54) is 0 Å². The Balaban J connectivity index is 4.24. The molecule has 0 saturated carbocycles. The van der Waals surface area contributed by atoms with Gasteiger partial charge in [0, 0.05) is 6.61 Å². The van der Waals surface area contributed by atoms with E-state index in [2.05, 4.69) is 5.32 Å². The lowest BCUT2D eigenvalue weighted by Crippen LogP contribution is -2.45. The van der Waals surface area contributed by atoms with Gasteiger partial charge < -0.3 is 24.6 Å². The smallest absolute Gasteiger partial charge is 0.408 e. The van der Waals surface area contributed by atoms with Crippen LogP contribution in [0, 0.1) is 0 Å². The molecule has 0 bridgehead atoms. The maximum absolute atomic E-state index is 11.7. The van der Waals surface area contributed by atoms with E-state index < -0.39 is 23.3 Å². The van der Waals surface area contributed by atoms with Crippen LogP contribution in [0.25, 0.3) is 0 Å². The Morgan fingerprint density at radius 2 is 1.57 bits per heavy atom. The fraction of sp³-hybridized carbons (Fsp3) is 0.941. The predicted molar refractivity (Wildman–Crippen MR) is 90.6 cm³/mol. The predicted octanol–water partition coefficient (Wildman–Crippen LogP) is 2.87. The highest BCUT2D eigenvalue weighted by molar-refractivity contribution is 5.68. The lowest BCUT2D eigenvalue weighted by atomic mass is 10.1. The summed E-state index contributed by atoms with van der Waals surface area (Å²) in [6, 6.07) is -0.507. The van der Waals surface area contributed by atoms with E-state index in [0.717, 1.165) is 6.42 Å². The maximum Gasteiger partial charge on any atom is 0.408 e. The van der Waals surface area contributed by atoms with E-state index in [1.54, 1.807) is 20.8 Å². The summed E-state index contributed by atoms with van der Waals surface area (Å²) in [5.74, 6) is 0. The summed E-state index contributed by atoms with van der Waals surface area (Å²) in [6.07, 6.45) is 0.156. The molecule has 0 fully saturated rings. The van der Waals surface area contributed by atoms with Gasteiger partial charge in [0.15, 0.2) is 0 Å². The fourth-order valence-corrected chi connectivity index (χ4v) is 1.62. The van der Waals surface area contributed by atoms with Gasteiger partial charge in [-0.25, -0.2) is 4.79 Å². The molecular weight excluding hydrogens is 298 g/mol. The molecule has 6 nitrogen and oxygen atoms in total. The van der Waals surface area contributed by atoms with Crippen molar-refractivity contribution in [3.8, 4) is 0 Å². The Hall–Kier alpha value is -0.850. The molecule has 0 radical (unpaired) electrons. The van der Waals surface area contributed by atoms with Crippen LogP contribution in [-0.4, -0.2) is 53.9 Å². The van der Waals surface area contributed by atoms with Crippen LogP contribution >= 0.6 is 0 Å². The summed E-state index contributed by atoms with van der Waals surface area (Å²) in [6.45, 7) is 15.9. The van der Waals surface area contributed by atoms with Gasteiger partial charge in [-0.15, -0.1) is 0 Å². The molecule has 0 unspecified atom stereocenters. The SMILES string of the molecule is CC(C)(C)OCCC(C)(C)OC[C@@H](CO)NC(=O)OC(C)(C)C. The number of ether oxygens (including phenoxy) is 3. The Morgan fingerprint density at radius 1 is 1.00 bits per heavy atom. The van der Waals surface area contributed by atoms with E-state index in [4.69, 9.17) is 14.2 Å². The molecule has 0 heterocycles. The van der Waals surface area contributed by atoms with Gasteiger partial charge >= 0.3 is 6.09 Å². The molecule has 0 aliphatic heterocycles. The fourth-order valence-electron chi connectivity index (χ4n) is 1.62. The molecule has 0 saturated heterocycles. The van der Waals surface area contributed by atoms with Gasteiger partial charge in [0.25, 0.3) is 0 Å². The molecule has 0 aromatic rings. The zero-order valence-electron chi connectivity index (χ0n) is 16.0. The Bertz CT molecular complexity index is 355. The second kappa shape index (κ2) is 8.85. The van der Waals surface area contributed by atoms with E-state index in [-0.39, 0.29) is 18.8 Å². The van der Waals surface area contributed by atoms with Crippen LogP contribution in [0.15, 0.2) is 0 Å². The first-order chi connectivity index (χ1) is 10.2. The molecule has 0 aromatic heterocycles. The minimum Gasteiger partial charge on any atom is -0.444 e. The van der Waals surface area contributed by atoms with Crippen molar-refractivity contribution in [3.05, 3.63) is 0 Å². The Kier molecular flexibility index (Phi) is 8.52. The second-order valence-electron chi connectivity index (χ2n) is 8.31. The molecule has 0 rings (SSSR count). The number of rotatable bonds is 8. The van der Waals surface area contributed by atoms with Crippen molar-refractivity contribution in [2.24, 2.45) is 0 Å². The summed E-state index contributed by atoms with van der Waals surface area (Å²) < 4.78 is 16.7. The van der Waals surface area contributed by atoms with E-state index in [9.17, 15) is 9.90 Å². The molecule has 1 atom stereocenters. The number of aliphatic hydroxyl groups excluding tert-OH is 1. The van der Waals surface area contributed by atoms with Crippen LogP contribution in [0.5, 0.6) is 0 Å². The van der Waals surface area contributed by atoms with Crippen molar-refractivity contribution < 1.29 is 24.1 Å². The summed E-state index contributed by atoms with van der Waals surface area (Å²) >= 11 is 0. The molecule has 138 valence electrons. The van der Waals surface area contributed by atoms with Gasteiger partial charge in [-0.1, -0.05) is 0 Å². The normalized spacial score (nSPS) is 14.5. The monoisotopic (exact) mass is 333 g/mol. The highest BCUT2D eigenvalue weighted by Gasteiger charge is 2.24. The van der Waals surface area contributed by atoms with Crippen molar-refractivity contribution >= 4 is 6.09 Å². The standard InChI is InChI=1S/C17H35NO5/c1-15(2,3)21-10-9-17(7,8)22-12-13(11-19)18-14(20)23-16(4,5)6/h13,19H,9-12H2,1-8H3,(H,18,20)/t13-/m1/s1. The van der Waals surface area contributed by atoms with Gasteiger partial charge in [0.1, 0.15) is 5.60 Å². The lowest BCUT2D eigenvalue weighted by Gasteiger charge is -2.30. The van der Waals surface area contributed by atoms with Crippen LogP contribution < -0.4 is 5.32 Å². The van der Waals surface area contributed by atoms with Crippen molar-refractivity contribution in [1.82, 2.24) is 5.32 Å². The number of nitrogens with one attached hydrogen (secondary N) is 1. The van der Waals surface area contributed by atoms with E-state index >= 15 is 0 Å². The van der Waals surface area contributed by atoms with Gasteiger partial charge in [-0.3, -0.25) is 0 Å². The summed E-state index contributed by atoms with van der Waals surface area (Å²) in [5, 5.41) is 12.0. The first-order valence-electron chi connectivity index (χ1n) is 8.12. The molecule has 0 spiro atoms. The Morgan fingerprint density at radius 3 is 2.00 bits per heavy atom. The number of alkyl carbamates (subject to hydrolysis) is 1. The highest BCUT2D eigenvalue weighted by atomic mass is 16.6. The number of carbonyl (C=O) groups excluding carboxylic acids is 1. The van der Waals surface area contributed by atoms with Crippen molar-refractivity contribution in [2.45, 2.75) is 84.7 Å². The van der Waals surface area contributed by atoms with Crippen molar-refractivity contribution in [1.29, 1.82) is 0 Å². The highest BCUT2D eigenvalue weighted by Crippen LogP contribution is 2.17. The van der Waals surface area contributed by atoms with Gasteiger partial charge in [-0.2, -0.15) is 0 Å². The molecule has 6 heteroatoms. The first-order valence-corrected chi connectivity index (χ1v) is 8.12. The maximum atomic E-state index is 11.7. The largest absolute Gasteiger partial charge is 0.444 e. The van der Waals surface area contributed by atoms with Crippen LogP contribution in [0.2, 0.25) is 0 Å². The van der Waals surface area contributed by atoms with Crippen molar-refractivity contribution in [2.75, 3.05) is 19.8 Å². The topological polar surface area (TPSA) is 77.0 Å². The summed E-state index contributed by atoms with van der Waals surface area (Å²) in [5.41, 5.74) is -1.16. The first kappa shape index (κ1) is 22.1. The quantitative estimate of drug-likeness (QED) is 0.714. The number of aliphatic hydroxyl groups is 1. The van der Waals surface area contributed by atoms with Gasteiger partial charge in [-0.05, 0) is 61.8 Å². The number of amides is 1. The van der Waals surface area contributed by atoms with Crippen LogP contribution in [0.3, 0.4) is 0 Å². The molecule has 0 aromatic carbocycles. The van der Waals surface area contributed by atoms with E-state index in [0.29, 0.717) is 6.61 Å². The van der Waals surface area contributed by atoms with Crippen LogP contribution in [0.1, 0.15) is 61.8 Å². The number of hydrogen-bond acceptors (Lipinski definition) is 5. The second-order valence-corrected chi connectivity index (χ2v) is 8.31. The minimum atomic E-state index is -0.575. The van der Waals surface area contributed by atoms with Crippen molar-refractivity contribution in [3.63, 3.8) is 0 Å². The third kappa shape index (κ3) is 13.3. The molecule has 0 aliphatic rings. The van der Waals surface area contributed by atoms with Gasteiger partial charge in [0.2, 0.25) is 0 Å². The number of carbonyl (C=O) groups is 1. The summed E-state index contributed by atoms with van der Waals surface area (Å²) in [7, 11) is 0. The van der Waals surface area contributed by atoms with E-state index in [1.807, 2.05) is 34.6 Å². The minimum absolute atomic E-state index is 0.179. The zero-order chi connectivity index (χ0) is 18.3.